The summed E-state index contributed by atoms with van der Waals surface area (Å²) in [5.74, 6) is 0.517. The fraction of sp³-hybridized carbons (Fsp3) is 0.211. The Hall–Kier alpha value is -3.35. The van der Waals surface area contributed by atoms with Gasteiger partial charge >= 0.3 is 0 Å². The van der Waals surface area contributed by atoms with Gasteiger partial charge in [-0.1, -0.05) is 18.2 Å². The van der Waals surface area contributed by atoms with E-state index in [9.17, 15) is 9.59 Å². The molecule has 1 aromatic heterocycles. The zero-order valence-corrected chi connectivity index (χ0v) is 14.2. The molecule has 0 radical (unpaired) electrons. The Balaban J connectivity index is 1.51. The van der Waals surface area contributed by atoms with Gasteiger partial charge in [0.05, 0.1) is 18.5 Å². The fourth-order valence-corrected chi connectivity index (χ4v) is 3.19. The summed E-state index contributed by atoms with van der Waals surface area (Å²) in [5.41, 5.74) is 1.50. The monoisotopic (exact) mass is 350 g/mol. The molecule has 3 aromatic rings. The van der Waals surface area contributed by atoms with Gasteiger partial charge in [0, 0.05) is 30.1 Å². The predicted octanol–water partition coefficient (Wildman–Crippen LogP) is 2.56. The highest BCUT2D eigenvalue weighted by molar-refractivity contribution is 6.06. The first-order valence-corrected chi connectivity index (χ1v) is 8.34. The van der Waals surface area contributed by atoms with Crippen LogP contribution in [-0.4, -0.2) is 35.7 Å². The molecule has 1 fully saturated rings. The molecule has 2 aromatic carbocycles. The first kappa shape index (κ1) is 16.1. The topological polar surface area (TPSA) is 87.3 Å². The van der Waals surface area contributed by atoms with Crippen LogP contribution in [0, 0.1) is 5.92 Å². The van der Waals surface area contributed by atoms with Crippen LogP contribution in [0.2, 0.25) is 0 Å². The molecular weight excluding hydrogens is 332 g/mol. The smallest absolute Gasteiger partial charge is 0.229 e. The molecule has 0 aliphatic carbocycles. The molecule has 132 valence electrons. The van der Waals surface area contributed by atoms with Crippen LogP contribution in [0.1, 0.15) is 6.42 Å². The van der Waals surface area contributed by atoms with Crippen molar-refractivity contribution < 1.29 is 14.3 Å². The average Bonchev–Trinajstić information content (AvgIpc) is 3.25. The molecule has 1 saturated heterocycles. The zero-order chi connectivity index (χ0) is 18.1. The molecular formula is C19H18N4O3. The second-order valence-corrected chi connectivity index (χ2v) is 6.22. The zero-order valence-electron chi connectivity index (χ0n) is 14.2. The second-order valence-electron chi connectivity index (χ2n) is 6.22. The number of nitrogens with zero attached hydrogens (tertiary/aromatic N) is 2. The van der Waals surface area contributed by atoms with Crippen LogP contribution in [0.5, 0.6) is 5.75 Å². The molecule has 2 N–H and O–H groups in total. The van der Waals surface area contributed by atoms with E-state index in [0.717, 1.165) is 10.9 Å². The maximum absolute atomic E-state index is 12.6. The van der Waals surface area contributed by atoms with E-state index in [1.165, 1.54) is 0 Å². The third kappa shape index (κ3) is 2.88. The van der Waals surface area contributed by atoms with Crippen molar-refractivity contribution in [3.8, 4) is 5.75 Å². The lowest BCUT2D eigenvalue weighted by atomic mass is 10.1. The Bertz CT molecular complexity index is 982. The summed E-state index contributed by atoms with van der Waals surface area (Å²) >= 11 is 0. The van der Waals surface area contributed by atoms with Crippen LogP contribution in [0.15, 0.2) is 48.5 Å². The van der Waals surface area contributed by atoms with Crippen molar-refractivity contribution in [1.29, 1.82) is 0 Å². The van der Waals surface area contributed by atoms with E-state index in [-0.39, 0.29) is 18.2 Å². The first-order valence-electron chi connectivity index (χ1n) is 8.34. The van der Waals surface area contributed by atoms with E-state index in [1.54, 1.807) is 36.3 Å². The molecule has 0 unspecified atom stereocenters. The van der Waals surface area contributed by atoms with Gasteiger partial charge < -0.3 is 10.1 Å². The average molecular weight is 350 g/mol. The summed E-state index contributed by atoms with van der Waals surface area (Å²) in [5, 5.41) is 10.9. The number of nitrogens with one attached hydrogen (secondary N) is 2. The van der Waals surface area contributed by atoms with Gasteiger partial charge in [-0.3, -0.25) is 19.6 Å². The van der Waals surface area contributed by atoms with Crippen LogP contribution >= 0.6 is 0 Å². The number of aromatic nitrogens is 2. The lowest BCUT2D eigenvalue weighted by Crippen LogP contribution is -2.28. The molecule has 0 bridgehead atoms. The van der Waals surface area contributed by atoms with Crippen LogP contribution in [-0.2, 0) is 9.59 Å². The lowest BCUT2D eigenvalue weighted by Gasteiger charge is -2.14. The highest BCUT2D eigenvalue weighted by Crippen LogP contribution is 2.30. The number of ether oxygens (including phenoxy) is 1. The number of anilines is 2. The first-order chi connectivity index (χ1) is 12.7. The number of amides is 2. The molecule has 7 heteroatoms. The minimum absolute atomic E-state index is 0.104. The molecule has 2 amide bonds. The SMILES string of the molecule is COc1cccc(NC(=O)[C@@H]2CC(=O)N(c3n[nH]c4ccccc34)C2)c1. The van der Waals surface area contributed by atoms with Gasteiger partial charge in [0.2, 0.25) is 11.8 Å². The maximum atomic E-state index is 12.6. The Labute approximate surface area is 149 Å². The maximum Gasteiger partial charge on any atom is 0.229 e. The Morgan fingerprint density at radius 3 is 2.96 bits per heavy atom. The highest BCUT2D eigenvalue weighted by Gasteiger charge is 2.36. The number of carbonyl (C=O) groups is 2. The molecule has 1 aliphatic heterocycles. The molecule has 26 heavy (non-hydrogen) atoms. The van der Waals surface area contributed by atoms with E-state index in [2.05, 4.69) is 15.5 Å². The minimum Gasteiger partial charge on any atom is -0.497 e. The van der Waals surface area contributed by atoms with Crippen LogP contribution in [0.3, 0.4) is 0 Å². The van der Waals surface area contributed by atoms with E-state index < -0.39 is 5.92 Å². The summed E-state index contributed by atoms with van der Waals surface area (Å²) < 4.78 is 5.16. The normalized spacial score (nSPS) is 16.9. The molecule has 4 rings (SSSR count). The van der Waals surface area contributed by atoms with E-state index in [0.29, 0.717) is 23.8 Å². The molecule has 7 nitrogen and oxygen atoms in total. The Morgan fingerprint density at radius 1 is 1.27 bits per heavy atom. The summed E-state index contributed by atoms with van der Waals surface area (Å²) in [6.45, 7) is 0.309. The van der Waals surface area contributed by atoms with Gasteiger partial charge in [0.15, 0.2) is 5.82 Å². The fourth-order valence-electron chi connectivity index (χ4n) is 3.19. The number of methoxy groups -OCH3 is 1. The van der Waals surface area contributed by atoms with Gasteiger partial charge in [-0.25, -0.2) is 0 Å². The number of hydrogen-bond acceptors (Lipinski definition) is 4. The third-order valence-corrected chi connectivity index (χ3v) is 4.54. The van der Waals surface area contributed by atoms with Crippen LogP contribution in [0.4, 0.5) is 11.5 Å². The van der Waals surface area contributed by atoms with E-state index >= 15 is 0 Å². The van der Waals surface area contributed by atoms with Gasteiger partial charge in [-0.2, -0.15) is 5.10 Å². The van der Waals surface area contributed by atoms with Gasteiger partial charge in [0.1, 0.15) is 5.75 Å². The van der Waals surface area contributed by atoms with Gasteiger partial charge in [-0.05, 0) is 24.3 Å². The number of benzene rings is 2. The van der Waals surface area contributed by atoms with Crippen molar-refractivity contribution in [3.05, 3.63) is 48.5 Å². The standard InChI is InChI=1S/C19H18N4O3/c1-26-14-6-4-5-13(10-14)20-19(25)12-9-17(24)23(11-12)18-15-7-2-3-8-16(15)21-22-18/h2-8,10,12H,9,11H2,1H3,(H,20,25)(H,21,22)/t12-/m1/s1. The number of hydrogen-bond donors (Lipinski definition) is 2. The largest absolute Gasteiger partial charge is 0.497 e. The van der Waals surface area contributed by atoms with Crippen molar-refractivity contribution in [2.45, 2.75) is 6.42 Å². The van der Waals surface area contributed by atoms with Gasteiger partial charge in [0.25, 0.3) is 0 Å². The summed E-state index contributed by atoms with van der Waals surface area (Å²) in [4.78, 5) is 26.6. The summed E-state index contributed by atoms with van der Waals surface area (Å²) in [6.07, 6.45) is 0.164. The number of carbonyl (C=O) groups excluding carboxylic acids is 2. The molecule has 0 saturated carbocycles. The molecule has 2 heterocycles. The number of H-pyrrole nitrogens is 1. The summed E-state index contributed by atoms with van der Waals surface area (Å²) in [7, 11) is 1.57. The van der Waals surface area contributed by atoms with Crippen molar-refractivity contribution in [1.82, 2.24) is 10.2 Å². The predicted molar refractivity (Wildman–Crippen MR) is 98.2 cm³/mol. The minimum atomic E-state index is -0.427. The van der Waals surface area contributed by atoms with E-state index in [4.69, 9.17) is 4.74 Å². The van der Waals surface area contributed by atoms with Crippen molar-refractivity contribution in [3.63, 3.8) is 0 Å². The molecule has 1 atom stereocenters. The Morgan fingerprint density at radius 2 is 2.12 bits per heavy atom. The quantitative estimate of drug-likeness (QED) is 0.757. The number of fused-ring (bicyclic) bond motifs is 1. The summed E-state index contributed by atoms with van der Waals surface area (Å²) in [6, 6.07) is 14.7. The van der Waals surface area contributed by atoms with Crippen molar-refractivity contribution in [2.24, 2.45) is 5.92 Å². The lowest BCUT2D eigenvalue weighted by molar-refractivity contribution is -0.122. The number of rotatable bonds is 4. The highest BCUT2D eigenvalue weighted by atomic mass is 16.5. The van der Waals surface area contributed by atoms with Crippen molar-refractivity contribution in [2.75, 3.05) is 23.9 Å². The molecule has 1 aliphatic rings. The number of aromatic amines is 1. The third-order valence-electron chi connectivity index (χ3n) is 4.54. The van der Waals surface area contributed by atoms with E-state index in [1.807, 2.05) is 24.3 Å². The van der Waals surface area contributed by atoms with Crippen LogP contribution in [0.25, 0.3) is 10.9 Å². The van der Waals surface area contributed by atoms with Gasteiger partial charge in [-0.15, -0.1) is 0 Å². The Kier molecular flexibility index (Phi) is 4.04. The van der Waals surface area contributed by atoms with Crippen LogP contribution < -0.4 is 15.0 Å². The number of para-hydroxylation sites is 1. The second kappa shape index (κ2) is 6.51. The van der Waals surface area contributed by atoms with Crippen molar-refractivity contribution >= 4 is 34.2 Å². The molecule has 0 spiro atoms.